The quantitative estimate of drug-likeness (QED) is 0.654. The Hall–Kier alpha value is -1.63. The molecule has 150 valence electrons. The smallest absolute Gasteiger partial charge is 0.408 e. The number of halogens is 1. The third kappa shape index (κ3) is 7.13. The van der Waals surface area contributed by atoms with Crippen LogP contribution in [0.15, 0.2) is 18.3 Å². The molecule has 0 unspecified atom stereocenters. The number of carbonyl (C=O) groups excluding carboxylic acids is 2. The molecule has 1 aliphatic carbocycles. The van der Waals surface area contributed by atoms with Gasteiger partial charge in [0, 0.05) is 11.5 Å². The van der Waals surface area contributed by atoms with E-state index in [4.69, 9.17) is 4.74 Å². The van der Waals surface area contributed by atoms with Crippen LogP contribution < -0.4 is 10.6 Å². The SMILES string of the molecule is CC1CCC([C@H](NC(=O)OC(C)(C)C)C(=O)Nc2cc(CBr)ccn2)CC1. The number of hydrogen-bond acceptors (Lipinski definition) is 4. The van der Waals surface area contributed by atoms with Gasteiger partial charge < -0.3 is 15.4 Å². The minimum absolute atomic E-state index is 0.0908. The number of ether oxygens (including phenoxy) is 1. The number of carbonyl (C=O) groups is 2. The van der Waals surface area contributed by atoms with Crippen LogP contribution in [-0.4, -0.2) is 28.6 Å². The zero-order valence-corrected chi connectivity index (χ0v) is 18.1. The molecule has 0 aliphatic heterocycles. The Balaban J connectivity index is 2.12. The lowest BCUT2D eigenvalue weighted by molar-refractivity contribution is -0.119. The average molecular weight is 440 g/mol. The summed E-state index contributed by atoms with van der Waals surface area (Å²) in [4.78, 5) is 29.5. The normalized spacial score (nSPS) is 21.2. The van der Waals surface area contributed by atoms with Crippen molar-refractivity contribution in [3.05, 3.63) is 23.9 Å². The van der Waals surface area contributed by atoms with Gasteiger partial charge in [0.25, 0.3) is 0 Å². The van der Waals surface area contributed by atoms with Gasteiger partial charge in [-0.2, -0.15) is 0 Å². The van der Waals surface area contributed by atoms with E-state index >= 15 is 0 Å². The second-order valence-corrected chi connectivity index (χ2v) is 8.88. The van der Waals surface area contributed by atoms with Crippen molar-refractivity contribution in [2.45, 2.75) is 70.4 Å². The van der Waals surface area contributed by atoms with Gasteiger partial charge in [0.05, 0.1) is 0 Å². The van der Waals surface area contributed by atoms with Crippen LogP contribution in [0, 0.1) is 11.8 Å². The molecule has 27 heavy (non-hydrogen) atoms. The van der Waals surface area contributed by atoms with Crippen molar-refractivity contribution in [3.63, 3.8) is 0 Å². The maximum atomic E-state index is 13.0. The van der Waals surface area contributed by atoms with E-state index in [9.17, 15) is 9.59 Å². The Morgan fingerprint density at radius 1 is 1.30 bits per heavy atom. The van der Waals surface area contributed by atoms with E-state index in [0.717, 1.165) is 31.2 Å². The first-order chi connectivity index (χ1) is 12.7. The van der Waals surface area contributed by atoms with Gasteiger partial charge in [-0.05, 0) is 63.1 Å². The standard InChI is InChI=1S/C20H30BrN3O3/c1-13-5-7-15(8-6-13)17(24-19(26)27-20(2,3)4)18(25)23-16-11-14(12-21)9-10-22-16/h9-11,13,15,17H,5-8,12H2,1-4H3,(H,24,26)(H,22,23,25)/t13?,15?,17-/m0/s1. The summed E-state index contributed by atoms with van der Waals surface area (Å²) in [6.07, 6.45) is 5.02. The third-order valence-electron chi connectivity index (χ3n) is 4.72. The van der Waals surface area contributed by atoms with Crippen molar-refractivity contribution in [3.8, 4) is 0 Å². The highest BCUT2D eigenvalue weighted by Gasteiger charge is 2.33. The van der Waals surface area contributed by atoms with E-state index in [1.165, 1.54) is 0 Å². The topological polar surface area (TPSA) is 80.3 Å². The summed E-state index contributed by atoms with van der Waals surface area (Å²) in [5, 5.41) is 6.33. The second-order valence-electron chi connectivity index (χ2n) is 8.32. The predicted octanol–water partition coefficient (Wildman–Crippen LogP) is 4.63. The lowest BCUT2D eigenvalue weighted by Crippen LogP contribution is -2.50. The molecule has 2 rings (SSSR count). The van der Waals surface area contributed by atoms with E-state index in [-0.39, 0.29) is 11.8 Å². The van der Waals surface area contributed by atoms with Gasteiger partial charge in [0.2, 0.25) is 5.91 Å². The summed E-state index contributed by atoms with van der Waals surface area (Å²) in [5.41, 5.74) is 0.404. The molecular weight excluding hydrogens is 410 g/mol. The van der Waals surface area contributed by atoms with E-state index in [2.05, 4.69) is 38.5 Å². The molecule has 1 aromatic rings. The summed E-state index contributed by atoms with van der Waals surface area (Å²) >= 11 is 3.40. The number of aromatic nitrogens is 1. The van der Waals surface area contributed by atoms with Crippen molar-refractivity contribution in [2.24, 2.45) is 11.8 Å². The maximum Gasteiger partial charge on any atom is 0.408 e. The van der Waals surface area contributed by atoms with Gasteiger partial charge in [-0.15, -0.1) is 0 Å². The van der Waals surface area contributed by atoms with Crippen LogP contribution in [0.5, 0.6) is 0 Å². The molecule has 0 spiro atoms. The first kappa shape index (κ1) is 21.7. The number of hydrogen-bond donors (Lipinski definition) is 2. The molecule has 7 heteroatoms. The summed E-state index contributed by atoms with van der Waals surface area (Å²) in [6.45, 7) is 7.64. The van der Waals surface area contributed by atoms with Crippen molar-refractivity contribution >= 4 is 33.7 Å². The summed E-state index contributed by atoms with van der Waals surface area (Å²) in [6, 6.07) is 3.06. The Morgan fingerprint density at radius 2 is 1.96 bits per heavy atom. The van der Waals surface area contributed by atoms with Crippen LogP contribution in [0.1, 0.15) is 58.9 Å². The Kier molecular flexibility index (Phi) is 7.65. The average Bonchev–Trinajstić information content (AvgIpc) is 2.59. The molecule has 1 aliphatic rings. The van der Waals surface area contributed by atoms with Crippen LogP contribution in [0.2, 0.25) is 0 Å². The molecule has 0 aromatic carbocycles. The Morgan fingerprint density at radius 3 is 2.56 bits per heavy atom. The van der Waals surface area contributed by atoms with Crippen molar-refractivity contribution in [1.29, 1.82) is 0 Å². The molecule has 1 fully saturated rings. The molecule has 1 atom stereocenters. The number of alkyl halides is 1. The monoisotopic (exact) mass is 439 g/mol. The van der Waals surface area contributed by atoms with Crippen molar-refractivity contribution < 1.29 is 14.3 Å². The highest BCUT2D eigenvalue weighted by atomic mass is 79.9. The number of nitrogens with one attached hydrogen (secondary N) is 2. The van der Waals surface area contributed by atoms with Gasteiger partial charge >= 0.3 is 6.09 Å². The lowest BCUT2D eigenvalue weighted by Gasteiger charge is -2.32. The fourth-order valence-electron chi connectivity index (χ4n) is 3.28. The minimum atomic E-state index is -0.637. The summed E-state index contributed by atoms with van der Waals surface area (Å²) in [5.74, 6) is 0.980. The molecule has 1 heterocycles. The largest absolute Gasteiger partial charge is 0.444 e. The molecule has 6 nitrogen and oxygen atoms in total. The highest BCUT2D eigenvalue weighted by Crippen LogP contribution is 2.31. The fourth-order valence-corrected chi connectivity index (χ4v) is 3.63. The van der Waals surface area contributed by atoms with Gasteiger partial charge in [-0.1, -0.05) is 35.7 Å². The van der Waals surface area contributed by atoms with Crippen molar-refractivity contribution in [1.82, 2.24) is 10.3 Å². The first-order valence-electron chi connectivity index (χ1n) is 9.49. The molecule has 2 amide bonds. The number of rotatable bonds is 5. The maximum absolute atomic E-state index is 13.0. The fraction of sp³-hybridized carbons (Fsp3) is 0.650. The number of alkyl carbamates (subject to hydrolysis) is 1. The molecule has 0 radical (unpaired) electrons. The van der Waals surface area contributed by atoms with Gasteiger partial charge in [0.15, 0.2) is 0 Å². The number of anilines is 1. The third-order valence-corrected chi connectivity index (χ3v) is 5.36. The van der Waals surface area contributed by atoms with E-state index in [1.807, 2.05) is 12.1 Å². The van der Waals surface area contributed by atoms with Crippen molar-refractivity contribution in [2.75, 3.05) is 5.32 Å². The predicted molar refractivity (Wildman–Crippen MR) is 110 cm³/mol. The summed E-state index contributed by atoms with van der Waals surface area (Å²) < 4.78 is 5.37. The van der Waals surface area contributed by atoms with Crippen LogP contribution in [0.4, 0.5) is 10.6 Å². The van der Waals surface area contributed by atoms with Crippen LogP contribution in [0.25, 0.3) is 0 Å². The number of nitrogens with zero attached hydrogens (tertiary/aromatic N) is 1. The van der Waals surface area contributed by atoms with E-state index < -0.39 is 17.7 Å². The summed E-state index contributed by atoms with van der Waals surface area (Å²) in [7, 11) is 0. The molecular formula is C20H30BrN3O3. The van der Waals surface area contributed by atoms with Gasteiger partial charge in [-0.3, -0.25) is 4.79 Å². The Bertz CT molecular complexity index is 652. The first-order valence-corrected chi connectivity index (χ1v) is 10.6. The Labute approximate surface area is 170 Å². The lowest BCUT2D eigenvalue weighted by atomic mass is 9.79. The second kappa shape index (κ2) is 9.53. The van der Waals surface area contributed by atoms with Crippen LogP contribution in [-0.2, 0) is 14.9 Å². The number of pyridine rings is 1. The molecule has 0 bridgehead atoms. The van der Waals surface area contributed by atoms with E-state index in [1.54, 1.807) is 27.0 Å². The van der Waals surface area contributed by atoms with Gasteiger partial charge in [0.1, 0.15) is 17.5 Å². The number of amides is 2. The van der Waals surface area contributed by atoms with Crippen LogP contribution in [0.3, 0.4) is 0 Å². The van der Waals surface area contributed by atoms with E-state index in [0.29, 0.717) is 17.1 Å². The highest BCUT2D eigenvalue weighted by molar-refractivity contribution is 9.08. The molecule has 1 aromatic heterocycles. The molecule has 0 saturated heterocycles. The molecule has 2 N–H and O–H groups in total. The zero-order valence-electron chi connectivity index (χ0n) is 16.5. The zero-order chi connectivity index (χ0) is 20.0. The van der Waals surface area contributed by atoms with Gasteiger partial charge in [-0.25, -0.2) is 9.78 Å². The minimum Gasteiger partial charge on any atom is -0.444 e. The molecule has 1 saturated carbocycles. The van der Waals surface area contributed by atoms with Crippen LogP contribution >= 0.6 is 15.9 Å².